The van der Waals surface area contributed by atoms with Gasteiger partial charge in [0.2, 0.25) is 15.9 Å². The van der Waals surface area contributed by atoms with Crippen LogP contribution in [-0.2, 0) is 14.8 Å². The number of hydrogen-bond acceptors (Lipinski definition) is 6. The number of benzene rings is 3. The summed E-state index contributed by atoms with van der Waals surface area (Å²) in [5, 5.41) is 14.1. The molecule has 0 bridgehead atoms. The third-order valence-corrected chi connectivity index (χ3v) is 7.52. The van der Waals surface area contributed by atoms with Gasteiger partial charge in [-0.15, -0.1) is 11.8 Å². The summed E-state index contributed by atoms with van der Waals surface area (Å²) < 4.78 is 22.8. The number of primary sulfonamides is 1. The Morgan fingerprint density at radius 3 is 2.08 bits per heavy atom. The average Bonchev–Trinajstić information content (AvgIpc) is 2.82. The van der Waals surface area contributed by atoms with Crippen molar-refractivity contribution >= 4 is 67.9 Å². The number of Topliss-reactive ketones (excluding diaryl/α,β-unsaturated/α-hetero) is 1. The van der Waals surface area contributed by atoms with Crippen molar-refractivity contribution in [3.05, 3.63) is 78.4 Å². The van der Waals surface area contributed by atoms with E-state index in [0.717, 1.165) is 16.3 Å². The zero-order chi connectivity index (χ0) is 26.3. The maximum absolute atomic E-state index is 12.8. The highest BCUT2D eigenvalue weighted by Gasteiger charge is 2.19. The van der Waals surface area contributed by atoms with Gasteiger partial charge in [-0.05, 0) is 92.3 Å². The van der Waals surface area contributed by atoms with E-state index in [1.807, 2.05) is 31.2 Å². The van der Waals surface area contributed by atoms with Crippen molar-refractivity contribution in [1.82, 2.24) is 0 Å². The molecular weight excluding hydrogens is 517 g/mol. The fourth-order valence-electron chi connectivity index (χ4n) is 3.17. The molecule has 11 heteroatoms. The van der Waals surface area contributed by atoms with Gasteiger partial charge in [-0.25, -0.2) is 13.6 Å². The summed E-state index contributed by atoms with van der Waals surface area (Å²) >= 11 is 6.81. The molecule has 0 saturated heterocycles. The van der Waals surface area contributed by atoms with Crippen LogP contribution >= 0.6 is 24.0 Å². The largest absolute Gasteiger partial charge is 0.332 e. The van der Waals surface area contributed by atoms with Gasteiger partial charge in [0.05, 0.1) is 10.1 Å². The number of sulfonamides is 1. The zero-order valence-electron chi connectivity index (χ0n) is 19.6. The molecule has 0 aliphatic heterocycles. The SMILES string of the molecule is CCC(Sc1cccc(NC(=S)Nc2ccc(C(C)=O)cc2)c1)C(=O)Nc1ccc(S(N)(=O)=O)cc1. The topological polar surface area (TPSA) is 130 Å². The lowest BCUT2D eigenvalue weighted by Crippen LogP contribution is -2.24. The number of rotatable bonds is 9. The summed E-state index contributed by atoms with van der Waals surface area (Å²) in [4.78, 5) is 25.1. The highest BCUT2D eigenvalue weighted by atomic mass is 32.2. The minimum atomic E-state index is -3.79. The molecule has 0 radical (unpaired) electrons. The van der Waals surface area contributed by atoms with Gasteiger partial charge >= 0.3 is 0 Å². The minimum absolute atomic E-state index is 0.00409. The van der Waals surface area contributed by atoms with Gasteiger partial charge in [0.1, 0.15) is 0 Å². The van der Waals surface area contributed by atoms with Crippen LogP contribution in [0.2, 0.25) is 0 Å². The molecule has 0 saturated carbocycles. The molecule has 1 unspecified atom stereocenters. The molecule has 188 valence electrons. The Morgan fingerprint density at radius 1 is 0.917 bits per heavy atom. The number of carbonyl (C=O) groups excluding carboxylic acids is 2. The summed E-state index contributed by atoms with van der Waals surface area (Å²) in [6.45, 7) is 3.43. The number of nitrogens with one attached hydrogen (secondary N) is 3. The Hall–Kier alpha value is -3.25. The van der Waals surface area contributed by atoms with Crippen molar-refractivity contribution in [3.63, 3.8) is 0 Å². The fraction of sp³-hybridized carbons (Fsp3) is 0.160. The highest BCUT2D eigenvalue weighted by Crippen LogP contribution is 2.29. The Labute approximate surface area is 220 Å². The maximum Gasteiger partial charge on any atom is 0.238 e. The van der Waals surface area contributed by atoms with Crippen molar-refractivity contribution in [2.24, 2.45) is 5.14 Å². The first kappa shape index (κ1) is 27.3. The van der Waals surface area contributed by atoms with E-state index in [2.05, 4.69) is 16.0 Å². The van der Waals surface area contributed by atoms with Crippen molar-refractivity contribution in [3.8, 4) is 0 Å². The zero-order valence-corrected chi connectivity index (χ0v) is 22.1. The molecule has 8 nitrogen and oxygen atoms in total. The van der Waals surface area contributed by atoms with E-state index in [-0.39, 0.29) is 21.8 Å². The average molecular weight is 543 g/mol. The summed E-state index contributed by atoms with van der Waals surface area (Å²) in [5.74, 6) is -0.203. The number of thioether (sulfide) groups is 1. The van der Waals surface area contributed by atoms with E-state index in [0.29, 0.717) is 22.8 Å². The molecule has 1 atom stereocenters. The summed E-state index contributed by atoms with van der Waals surface area (Å²) in [6, 6.07) is 20.3. The van der Waals surface area contributed by atoms with Crippen LogP contribution in [0.4, 0.5) is 17.1 Å². The third kappa shape index (κ3) is 7.89. The van der Waals surface area contributed by atoms with Crippen LogP contribution in [0, 0.1) is 0 Å². The minimum Gasteiger partial charge on any atom is -0.332 e. The predicted octanol–water partition coefficient (Wildman–Crippen LogP) is 4.85. The lowest BCUT2D eigenvalue weighted by atomic mass is 10.1. The van der Waals surface area contributed by atoms with Crippen LogP contribution in [0.1, 0.15) is 30.6 Å². The van der Waals surface area contributed by atoms with Crippen molar-refractivity contribution in [2.45, 2.75) is 35.3 Å². The molecular formula is C25H26N4O4S3. The van der Waals surface area contributed by atoms with Crippen molar-refractivity contribution < 1.29 is 18.0 Å². The van der Waals surface area contributed by atoms with E-state index >= 15 is 0 Å². The standard InChI is InChI=1S/C25H26N4O4S3/c1-3-23(24(31)27-18-11-13-22(14-12-18)36(26,32)33)35-21-6-4-5-20(15-21)29-25(34)28-19-9-7-17(8-10-19)16(2)30/h4-15,23H,3H2,1-2H3,(H,27,31)(H2,26,32,33)(H2,28,29,34). The first-order chi connectivity index (χ1) is 17.0. The number of anilines is 3. The molecule has 36 heavy (non-hydrogen) atoms. The van der Waals surface area contributed by atoms with Crippen LogP contribution in [0.5, 0.6) is 0 Å². The second kappa shape index (κ2) is 12.1. The molecule has 3 aromatic carbocycles. The quantitative estimate of drug-likeness (QED) is 0.171. The first-order valence-electron chi connectivity index (χ1n) is 10.9. The number of hydrogen-bond donors (Lipinski definition) is 4. The van der Waals surface area contributed by atoms with Gasteiger partial charge in [-0.3, -0.25) is 9.59 Å². The molecule has 0 aromatic heterocycles. The lowest BCUT2D eigenvalue weighted by molar-refractivity contribution is -0.115. The van der Waals surface area contributed by atoms with Gasteiger partial charge in [0, 0.05) is 27.5 Å². The molecule has 0 aliphatic carbocycles. The predicted molar refractivity (Wildman–Crippen MR) is 149 cm³/mol. The van der Waals surface area contributed by atoms with E-state index < -0.39 is 10.0 Å². The Kier molecular flexibility index (Phi) is 9.21. The van der Waals surface area contributed by atoms with Crippen LogP contribution < -0.4 is 21.1 Å². The molecule has 0 spiro atoms. The van der Waals surface area contributed by atoms with E-state index in [4.69, 9.17) is 17.4 Å². The van der Waals surface area contributed by atoms with Gasteiger partial charge in [0.25, 0.3) is 0 Å². The Bertz CT molecular complexity index is 1360. The number of thiocarbonyl (C=S) groups is 1. The highest BCUT2D eigenvalue weighted by molar-refractivity contribution is 8.00. The maximum atomic E-state index is 12.8. The Balaban J connectivity index is 1.60. The first-order valence-corrected chi connectivity index (χ1v) is 13.8. The smallest absolute Gasteiger partial charge is 0.238 e. The number of ketones is 1. The van der Waals surface area contributed by atoms with Crippen molar-refractivity contribution in [2.75, 3.05) is 16.0 Å². The van der Waals surface area contributed by atoms with E-state index in [9.17, 15) is 18.0 Å². The molecule has 1 amide bonds. The van der Waals surface area contributed by atoms with Crippen LogP contribution in [0.25, 0.3) is 0 Å². The molecule has 3 aromatic rings. The Morgan fingerprint density at radius 2 is 1.50 bits per heavy atom. The summed E-state index contributed by atoms with van der Waals surface area (Å²) in [5.41, 5.74) is 2.61. The monoisotopic (exact) mass is 542 g/mol. The normalized spacial score (nSPS) is 11.9. The van der Waals surface area contributed by atoms with Gasteiger partial charge in [-0.2, -0.15) is 0 Å². The number of nitrogens with two attached hydrogens (primary N) is 1. The number of carbonyl (C=O) groups is 2. The summed E-state index contributed by atoms with van der Waals surface area (Å²) in [6.07, 6.45) is 0.583. The molecule has 3 rings (SSSR count). The third-order valence-electron chi connectivity index (χ3n) is 5.03. The van der Waals surface area contributed by atoms with Crippen LogP contribution in [-0.4, -0.2) is 30.5 Å². The van der Waals surface area contributed by atoms with Crippen LogP contribution in [0.3, 0.4) is 0 Å². The second-order valence-electron chi connectivity index (χ2n) is 7.81. The van der Waals surface area contributed by atoms with Gasteiger partial charge in [-0.1, -0.05) is 13.0 Å². The molecule has 5 N–H and O–H groups in total. The van der Waals surface area contributed by atoms with Crippen molar-refractivity contribution in [1.29, 1.82) is 0 Å². The molecule has 0 aliphatic rings. The summed E-state index contributed by atoms with van der Waals surface area (Å²) in [7, 11) is -3.79. The van der Waals surface area contributed by atoms with E-state index in [1.165, 1.54) is 43.0 Å². The van der Waals surface area contributed by atoms with Gasteiger partial charge in [0.15, 0.2) is 10.9 Å². The second-order valence-corrected chi connectivity index (χ2v) is 11.1. The molecule has 0 fully saturated rings. The van der Waals surface area contributed by atoms with E-state index in [1.54, 1.807) is 24.3 Å². The lowest BCUT2D eigenvalue weighted by Gasteiger charge is -2.16. The van der Waals surface area contributed by atoms with Gasteiger partial charge < -0.3 is 16.0 Å². The molecule has 0 heterocycles. The fourth-order valence-corrected chi connectivity index (χ4v) is 4.93. The number of amides is 1. The van der Waals surface area contributed by atoms with Crippen LogP contribution in [0.15, 0.2) is 82.6 Å².